The van der Waals surface area contributed by atoms with E-state index >= 15 is 0 Å². The maximum absolute atomic E-state index is 13.5. The van der Waals surface area contributed by atoms with Gasteiger partial charge in [0.05, 0.1) is 16.2 Å². The van der Waals surface area contributed by atoms with Crippen LogP contribution in [0, 0.1) is 18.3 Å². The molecule has 1 spiro atoms. The summed E-state index contributed by atoms with van der Waals surface area (Å²) < 4.78 is 12.5. The predicted molar refractivity (Wildman–Crippen MR) is 110 cm³/mol. The smallest absolute Gasteiger partial charge is 0.142 e. The van der Waals surface area contributed by atoms with Gasteiger partial charge in [-0.05, 0) is 50.3 Å². The van der Waals surface area contributed by atoms with Crippen LogP contribution in [-0.4, -0.2) is 14.2 Å². The molecule has 0 saturated heterocycles. The number of alkyl halides is 1. The van der Waals surface area contributed by atoms with E-state index in [1.54, 1.807) is 0 Å². The van der Waals surface area contributed by atoms with E-state index in [0.717, 1.165) is 42.6 Å². The summed E-state index contributed by atoms with van der Waals surface area (Å²) >= 11 is 7.11. The van der Waals surface area contributed by atoms with Crippen molar-refractivity contribution in [2.45, 2.75) is 54.6 Å². The minimum absolute atomic E-state index is 0.0261. The second-order valence-corrected chi connectivity index (χ2v) is 10.4. The van der Waals surface area contributed by atoms with Gasteiger partial charge in [0.1, 0.15) is 9.99 Å². The minimum atomic E-state index is -1.40. The Morgan fingerprint density at radius 3 is 2.44 bits per heavy atom. The fraction of sp³-hybridized carbons (Fsp3) is 0.435. The van der Waals surface area contributed by atoms with Crippen LogP contribution in [0.5, 0.6) is 0 Å². The molecule has 2 aliphatic carbocycles. The van der Waals surface area contributed by atoms with Crippen molar-refractivity contribution in [2.75, 3.05) is 0 Å². The van der Waals surface area contributed by atoms with Crippen LogP contribution < -0.4 is 0 Å². The van der Waals surface area contributed by atoms with Gasteiger partial charge in [-0.15, -0.1) is 11.6 Å². The molecule has 0 bridgehead atoms. The molecule has 1 unspecified atom stereocenters. The highest BCUT2D eigenvalue weighted by Crippen LogP contribution is 2.74. The summed E-state index contributed by atoms with van der Waals surface area (Å²) in [5.41, 5.74) is 1.75. The third-order valence-electron chi connectivity index (χ3n) is 6.36. The van der Waals surface area contributed by atoms with Crippen molar-refractivity contribution in [1.82, 2.24) is 0 Å². The molecule has 2 nitrogen and oxygen atoms in total. The van der Waals surface area contributed by atoms with E-state index in [4.69, 9.17) is 11.6 Å². The van der Waals surface area contributed by atoms with Gasteiger partial charge in [0.2, 0.25) is 0 Å². The third-order valence-corrected chi connectivity index (χ3v) is 9.27. The summed E-state index contributed by atoms with van der Waals surface area (Å²) in [6, 6.07) is 18.0. The zero-order chi connectivity index (χ0) is 19.1. The van der Waals surface area contributed by atoms with Crippen LogP contribution in [0.4, 0.5) is 0 Å². The van der Waals surface area contributed by atoms with E-state index in [-0.39, 0.29) is 11.7 Å². The Morgan fingerprint density at radius 2 is 1.78 bits per heavy atom. The van der Waals surface area contributed by atoms with Crippen LogP contribution in [-0.2, 0) is 22.0 Å². The van der Waals surface area contributed by atoms with E-state index in [0.29, 0.717) is 6.42 Å². The Kier molecular flexibility index (Phi) is 5.02. The first-order chi connectivity index (χ1) is 13.0. The first-order valence-corrected chi connectivity index (χ1v) is 11.3. The first-order valence-electron chi connectivity index (χ1n) is 9.75. The Bertz CT molecular complexity index is 864. The van der Waals surface area contributed by atoms with Crippen molar-refractivity contribution >= 4 is 28.2 Å². The van der Waals surface area contributed by atoms with E-state index in [1.807, 2.05) is 49.4 Å². The Morgan fingerprint density at radius 1 is 1.07 bits per heavy atom. The quantitative estimate of drug-likeness (QED) is 0.627. The van der Waals surface area contributed by atoms with Gasteiger partial charge in [-0.1, -0.05) is 54.4 Å². The lowest BCUT2D eigenvalue weighted by Crippen LogP contribution is -2.30. The SMILES string of the molecule is Cc1ccc(S(=O)[C@]2(Cl)[C@@H](CCc3ccccc3)[C@@]23CCCCC3=O)cc1. The molecule has 142 valence electrons. The molecule has 2 saturated carbocycles. The van der Waals surface area contributed by atoms with Crippen molar-refractivity contribution in [2.24, 2.45) is 11.3 Å². The van der Waals surface area contributed by atoms with Crippen LogP contribution in [0.3, 0.4) is 0 Å². The molecule has 0 radical (unpaired) electrons. The molecule has 27 heavy (non-hydrogen) atoms. The molecular formula is C23H25ClO2S. The van der Waals surface area contributed by atoms with Gasteiger partial charge in [-0.3, -0.25) is 9.00 Å². The van der Waals surface area contributed by atoms with Gasteiger partial charge in [-0.25, -0.2) is 0 Å². The lowest BCUT2D eigenvalue weighted by Gasteiger charge is -2.24. The van der Waals surface area contributed by atoms with Gasteiger partial charge in [0.25, 0.3) is 0 Å². The van der Waals surface area contributed by atoms with Crippen LogP contribution in [0.15, 0.2) is 59.5 Å². The van der Waals surface area contributed by atoms with Crippen LogP contribution >= 0.6 is 11.6 Å². The molecule has 0 aromatic heterocycles. The van der Waals surface area contributed by atoms with E-state index in [2.05, 4.69) is 12.1 Å². The molecule has 2 aromatic carbocycles. The predicted octanol–water partition coefficient (Wildman–Crippen LogP) is 5.43. The van der Waals surface area contributed by atoms with Crippen molar-refractivity contribution in [3.63, 3.8) is 0 Å². The van der Waals surface area contributed by atoms with Crippen molar-refractivity contribution in [1.29, 1.82) is 0 Å². The number of benzene rings is 2. The molecular weight excluding hydrogens is 376 g/mol. The average Bonchev–Trinajstić information content (AvgIpc) is 3.22. The molecule has 0 heterocycles. The number of halogens is 1. The maximum Gasteiger partial charge on any atom is 0.142 e. The summed E-state index contributed by atoms with van der Waals surface area (Å²) in [7, 11) is -1.40. The van der Waals surface area contributed by atoms with Crippen molar-refractivity contribution < 1.29 is 9.00 Å². The molecule has 2 fully saturated rings. The molecule has 0 N–H and O–H groups in total. The van der Waals surface area contributed by atoms with Gasteiger partial charge in [0, 0.05) is 17.2 Å². The summed E-state index contributed by atoms with van der Waals surface area (Å²) in [6.07, 6.45) is 4.92. The van der Waals surface area contributed by atoms with Crippen LogP contribution in [0.2, 0.25) is 0 Å². The highest BCUT2D eigenvalue weighted by molar-refractivity contribution is 7.88. The number of hydrogen-bond acceptors (Lipinski definition) is 2. The average molecular weight is 401 g/mol. The summed E-state index contributed by atoms with van der Waals surface area (Å²) in [5.74, 6) is 0.198. The summed E-state index contributed by atoms with van der Waals surface area (Å²) in [5, 5.41) is 0. The number of rotatable bonds is 5. The number of Topliss-reactive ketones (excluding diaryl/α,β-unsaturated/α-hetero) is 1. The number of carbonyl (C=O) groups excluding carboxylic acids is 1. The zero-order valence-electron chi connectivity index (χ0n) is 15.6. The number of hydrogen-bond donors (Lipinski definition) is 0. The summed E-state index contributed by atoms with van der Waals surface area (Å²) in [6.45, 7) is 2.01. The lowest BCUT2D eigenvalue weighted by molar-refractivity contribution is -0.126. The Hall–Kier alpha value is -1.45. The van der Waals surface area contributed by atoms with Gasteiger partial charge < -0.3 is 0 Å². The standard InChI is InChI=1S/C23H25ClO2S/c1-17-10-13-19(14-11-17)27(26)23(24)20(15-12-18-7-3-2-4-8-18)22(23)16-6-5-9-21(22)25/h2-4,7-8,10-11,13-14,20H,5-6,9,12,15-16H2,1H3/t20-,22+,23+,27?/m0/s1. The largest absolute Gasteiger partial charge is 0.299 e. The molecule has 2 aliphatic rings. The molecule has 4 atom stereocenters. The Balaban J connectivity index is 1.64. The molecule has 4 rings (SSSR count). The molecule has 4 heteroatoms. The zero-order valence-corrected chi connectivity index (χ0v) is 17.2. The van der Waals surface area contributed by atoms with E-state index in [1.165, 1.54) is 5.56 Å². The van der Waals surface area contributed by atoms with Gasteiger partial charge in [-0.2, -0.15) is 0 Å². The fourth-order valence-corrected chi connectivity index (χ4v) is 7.61. The van der Waals surface area contributed by atoms with Crippen molar-refractivity contribution in [3.8, 4) is 0 Å². The molecule has 0 aliphatic heterocycles. The highest BCUT2D eigenvalue weighted by atomic mass is 35.5. The number of carbonyl (C=O) groups is 1. The van der Waals surface area contributed by atoms with E-state index < -0.39 is 20.4 Å². The molecule has 2 aromatic rings. The van der Waals surface area contributed by atoms with Gasteiger partial charge in [0.15, 0.2) is 0 Å². The maximum atomic E-state index is 13.5. The second kappa shape index (κ2) is 7.18. The first kappa shape index (κ1) is 18.9. The lowest BCUT2D eigenvalue weighted by atomic mass is 9.82. The Labute approximate surface area is 168 Å². The third kappa shape index (κ3) is 3.00. The number of aryl methyl sites for hydroxylation is 2. The van der Waals surface area contributed by atoms with Crippen LogP contribution in [0.25, 0.3) is 0 Å². The van der Waals surface area contributed by atoms with Gasteiger partial charge >= 0.3 is 0 Å². The fourth-order valence-electron chi connectivity index (χ4n) is 4.84. The monoisotopic (exact) mass is 400 g/mol. The van der Waals surface area contributed by atoms with Crippen molar-refractivity contribution in [3.05, 3.63) is 65.7 Å². The highest BCUT2D eigenvalue weighted by Gasteiger charge is 2.81. The normalized spacial score (nSPS) is 31.0. The minimum Gasteiger partial charge on any atom is -0.299 e. The summed E-state index contributed by atoms with van der Waals surface area (Å²) in [4.78, 5) is 13.7. The van der Waals surface area contributed by atoms with E-state index in [9.17, 15) is 9.00 Å². The second-order valence-electron chi connectivity index (χ2n) is 7.91. The van der Waals surface area contributed by atoms with Crippen LogP contribution in [0.1, 0.15) is 43.2 Å². The number of ketones is 1. The topological polar surface area (TPSA) is 34.1 Å². The molecule has 0 amide bonds.